The Morgan fingerprint density at radius 2 is 2.04 bits per heavy atom. The summed E-state index contributed by atoms with van der Waals surface area (Å²) in [6, 6.07) is 8.80. The summed E-state index contributed by atoms with van der Waals surface area (Å²) in [7, 11) is 0. The Morgan fingerprint density at radius 3 is 2.69 bits per heavy atom. The monoisotopic (exact) mass is 357 g/mol. The van der Waals surface area contributed by atoms with E-state index in [1.54, 1.807) is 29.2 Å². The summed E-state index contributed by atoms with van der Waals surface area (Å²) in [6.07, 6.45) is 3.63. The molecule has 140 valence electrons. The van der Waals surface area contributed by atoms with Gasteiger partial charge in [-0.15, -0.1) is 0 Å². The van der Waals surface area contributed by atoms with Gasteiger partial charge < -0.3 is 15.0 Å². The number of carbonyl (C=O) groups excluding carboxylic acids is 2. The number of nitrogens with one attached hydrogen (secondary N) is 1. The maximum absolute atomic E-state index is 12.6. The van der Waals surface area contributed by atoms with Crippen LogP contribution in [0.2, 0.25) is 0 Å². The second kappa shape index (κ2) is 9.81. The van der Waals surface area contributed by atoms with E-state index in [-0.39, 0.29) is 30.4 Å². The van der Waals surface area contributed by atoms with Gasteiger partial charge in [-0.05, 0) is 50.5 Å². The first-order chi connectivity index (χ1) is 12.5. The molecular weight excluding hydrogens is 330 g/mol. The lowest BCUT2D eigenvalue weighted by molar-refractivity contribution is -0.140. The smallest absolute Gasteiger partial charge is 0.260 e. The van der Waals surface area contributed by atoms with Crippen molar-refractivity contribution in [2.45, 2.75) is 45.6 Å². The lowest BCUT2D eigenvalue weighted by Crippen LogP contribution is -2.50. The van der Waals surface area contributed by atoms with Crippen LogP contribution in [-0.2, 0) is 9.59 Å². The number of rotatable bonds is 7. The first-order valence-corrected chi connectivity index (χ1v) is 9.25. The third-order valence-corrected chi connectivity index (χ3v) is 4.75. The standard InChI is InChI=1S/C20H27N3O3/c1-3-4-11-22-20(25)17-8-5-15(2)23(13-17)19(24)14-26-18-9-6-16(12-21)7-10-18/h6-7,9-10,15,17H,3-5,8,11,13-14H2,1-2H3,(H,22,25). The maximum Gasteiger partial charge on any atom is 0.260 e. The molecule has 0 aromatic heterocycles. The minimum atomic E-state index is -0.151. The molecule has 0 saturated carbocycles. The van der Waals surface area contributed by atoms with Crippen LogP contribution in [0, 0.1) is 17.2 Å². The van der Waals surface area contributed by atoms with Crippen molar-refractivity contribution in [3.8, 4) is 11.8 Å². The van der Waals surface area contributed by atoms with E-state index in [0.29, 0.717) is 24.4 Å². The molecule has 1 fully saturated rings. The van der Waals surface area contributed by atoms with E-state index in [1.165, 1.54) is 0 Å². The molecule has 1 aromatic carbocycles. The van der Waals surface area contributed by atoms with E-state index >= 15 is 0 Å². The van der Waals surface area contributed by atoms with Gasteiger partial charge >= 0.3 is 0 Å². The van der Waals surface area contributed by atoms with Crippen LogP contribution in [0.1, 0.15) is 45.1 Å². The SMILES string of the molecule is CCCCNC(=O)C1CCC(C)N(C(=O)COc2ccc(C#N)cc2)C1. The summed E-state index contributed by atoms with van der Waals surface area (Å²) < 4.78 is 5.54. The van der Waals surface area contributed by atoms with Gasteiger partial charge in [0, 0.05) is 19.1 Å². The van der Waals surface area contributed by atoms with Crippen molar-refractivity contribution in [3.63, 3.8) is 0 Å². The predicted octanol–water partition coefficient (Wildman–Crippen LogP) is 2.48. The van der Waals surface area contributed by atoms with Crippen molar-refractivity contribution < 1.29 is 14.3 Å². The molecule has 6 nitrogen and oxygen atoms in total. The first-order valence-electron chi connectivity index (χ1n) is 9.25. The molecule has 1 aliphatic rings. The highest BCUT2D eigenvalue weighted by Crippen LogP contribution is 2.22. The topological polar surface area (TPSA) is 82.4 Å². The number of nitrogens with zero attached hydrogens (tertiary/aromatic N) is 2. The average Bonchev–Trinajstić information content (AvgIpc) is 2.67. The fourth-order valence-corrected chi connectivity index (χ4v) is 3.05. The second-order valence-corrected chi connectivity index (χ2v) is 6.74. The summed E-state index contributed by atoms with van der Waals surface area (Å²) in [6.45, 7) is 5.15. The lowest BCUT2D eigenvalue weighted by Gasteiger charge is -2.37. The molecule has 0 spiro atoms. The van der Waals surface area contributed by atoms with Gasteiger partial charge in [-0.1, -0.05) is 13.3 Å². The molecule has 0 bridgehead atoms. The Bertz CT molecular complexity index is 651. The van der Waals surface area contributed by atoms with Gasteiger partial charge in [0.25, 0.3) is 5.91 Å². The van der Waals surface area contributed by atoms with Crippen molar-refractivity contribution in [1.82, 2.24) is 10.2 Å². The van der Waals surface area contributed by atoms with Gasteiger partial charge in [-0.25, -0.2) is 0 Å². The molecule has 0 radical (unpaired) electrons. The van der Waals surface area contributed by atoms with Crippen LogP contribution in [0.5, 0.6) is 5.75 Å². The highest BCUT2D eigenvalue weighted by atomic mass is 16.5. The number of hydrogen-bond acceptors (Lipinski definition) is 4. The normalized spacial score (nSPS) is 19.5. The fraction of sp³-hybridized carbons (Fsp3) is 0.550. The highest BCUT2D eigenvalue weighted by molar-refractivity contribution is 5.82. The minimum Gasteiger partial charge on any atom is -0.484 e. The number of benzene rings is 1. The second-order valence-electron chi connectivity index (χ2n) is 6.74. The third-order valence-electron chi connectivity index (χ3n) is 4.75. The predicted molar refractivity (Wildman–Crippen MR) is 98.5 cm³/mol. The minimum absolute atomic E-state index is 0.0381. The van der Waals surface area contributed by atoms with Crippen LogP contribution in [0.3, 0.4) is 0 Å². The molecule has 6 heteroatoms. The zero-order valence-corrected chi connectivity index (χ0v) is 15.5. The third kappa shape index (κ3) is 5.48. The zero-order chi connectivity index (χ0) is 18.9. The molecule has 0 aliphatic carbocycles. The lowest BCUT2D eigenvalue weighted by atomic mass is 9.92. The summed E-state index contributed by atoms with van der Waals surface area (Å²) in [5, 5.41) is 11.8. The summed E-state index contributed by atoms with van der Waals surface area (Å²) in [5.74, 6) is 0.321. The largest absolute Gasteiger partial charge is 0.484 e. The number of unbranched alkanes of at least 4 members (excludes halogenated alkanes) is 1. The van der Waals surface area contributed by atoms with Crippen LogP contribution < -0.4 is 10.1 Å². The van der Waals surface area contributed by atoms with Crippen molar-refractivity contribution in [1.29, 1.82) is 5.26 Å². The number of piperidine rings is 1. The number of likely N-dealkylation sites (tertiary alicyclic amines) is 1. The van der Waals surface area contributed by atoms with E-state index in [2.05, 4.69) is 12.2 Å². The summed E-state index contributed by atoms with van der Waals surface area (Å²) >= 11 is 0. The molecule has 2 unspecified atom stereocenters. The molecule has 2 atom stereocenters. The van der Waals surface area contributed by atoms with E-state index in [0.717, 1.165) is 25.7 Å². The van der Waals surface area contributed by atoms with E-state index in [4.69, 9.17) is 10.00 Å². The van der Waals surface area contributed by atoms with Crippen LogP contribution in [0.4, 0.5) is 0 Å². The number of carbonyl (C=O) groups is 2. The Kier molecular flexibility index (Phi) is 7.46. The van der Waals surface area contributed by atoms with Gasteiger partial charge in [0.2, 0.25) is 5.91 Å². The van der Waals surface area contributed by atoms with Gasteiger partial charge in [0.05, 0.1) is 17.6 Å². The Labute approximate surface area is 155 Å². The number of amides is 2. The molecule has 2 amide bonds. The molecule has 2 rings (SSSR count). The van der Waals surface area contributed by atoms with Crippen LogP contribution in [-0.4, -0.2) is 42.5 Å². The van der Waals surface area contributed by atoms with E-state index in [1.807, 2.05) is 13.0 Å². The number of ether oxygens (including phenoxy) is 1. The fourth-order valence-electron chi connectivity index (χ4n) is 3.05. The Hall–Kier alpha value is -2.55. The number of hydrogen-bond donors (Lipinski definition) is 1. The van der Waals surface area contributed by atoms with Crippen molar-refractivity contribution >= 4 is 11.8 Å². The van der Waals surface area contributed by atoms with Gasteiger partial charge in [-0.2, -0.15) is 5.26 Å². The number of nitriles is 1. The zero-order valence-electron chi connectivity index (χ0n) is 15.5. The van der Waals surface area contributed by atoms with Crippen LogP contribution in [0.25, 0.3) is 0 Å². The van der Waals surface area contributed by atoms with Crippen molar-refractivity contribution in [2.75, 3.05) is 19.7 Å². The van der Waals surface area contributed by atoms with Crippen molar-refractivity contribution in [2.24, 2.45) is 5.92 Å². The van der Waals surface area contributed by atoms with E-state index < -0.39 is 0 Å². The molecule has 1 saturated heterocycles. The van der Waals surface area contributed by atoms with E-state index in [9.17, 15) is 9.59 Å². The summed E-state index contributed by atoms with van der Waals surface area (Å²) in [4.78, 5) is 26.6. The Balaban J connectivity index is 1.87. The average molecular weight is 357 g/mol. The van der Waals surface area contributed by atoms with Gasteiger partial charge in [0.15, 0.2) is 6.61 Å². The van der Waals surface area contributed by atoms with Gasteiger partial charge in [0.1, 0.15) is 5.75 Å². The Morgan fingerprint density at radius 1 is 1.31 bits per heavy atom. The molecule has 1 aliphatic heterocycles. The molecule has 1 aromatic rings. The molecule has 26 heavy (non-hydrogen) atoms. The summed E-state index contributed by atoms with van der Waals surface area (Å²) in [5.41, 5.74) is 0.547. The van der Waals surface area contributed by atoms with Crippen LogP contribution in [0.15, 0.2) is 24.3 Å². The molecule has 1 heterocycles. The van der Waals surface area contributed by atoms with Crippen LogP contribution >= 0.6 is 0 Å². The molecule has 1 N–H and O–H groups in total. The maximum atomic E-state index is 12.6. The van der Waals surface area contributed by atoms with Gasteiger partial charge in [-0.3, -0.25) is 9.59 Å². The highest BCUT2D eigenvalue weighted by Gasteiger charge is 2.32. The quantitative estimate of drug-likeness (QED) is 0.760. The van der Waals surface area contributed by atoms with Crippen molar-refractivity contribution in [3.05, 3.63) is 29.8 Å². The first kappa shape index (κ1) is 19.8. The molecular formula is C20H27N3O3.